The Balaban J connectivity index is 2.29. The molecule has 2 rings (SSSR count). The number of nitrogens with zero attached hydrogens (tertiary/aromatic N) is 1. The summed E-state index contributed by atoms with van der Waals surface area (Å²) in [7, 11) is 0. The van der Waals surface area contributed by atoms with Crippen LogP contribution in [0, 0.1) is 0 Å². The van der Waals surface area contributed by atoms with Crippen LogP contribution in [-0.2, 0) is 4.79 Å². The van der Waals surface area contributed by atoms with Crippen LogP contribution >= 0.6 is 11.6 Å². The van der Waals surface area contributed by atoms with Gasteiger partial charge < -0.3 is 25.2 Å². The lowest BCUT2D eigenvalue weighted by molar-refractivity contribution is -0.140. The van der Waals surface area contributed by atoms with E-state index in [1.54, 1.807) is 6.07 Å². The third-order valence-electron chi connectivity index (χ3n) is 4.22. The Morgan fingerprint density at radius 1 is 1.35 bits per heavy atom. The summed E-state index contributed by atoms with van der Waals surface area (Å²) < 4.78 is 11.2. The first kappa shape index (κ1) is 20.3. The summed E-state index contributed by atoms with van der Waals surface area (Å²) in [5, 5.41) is 10.6. The number of nitrogens with two attached hydrogens (primary N) is 1. The maximum Gasteiger partial charge on any atom is 0.254 e. The topological polar surface area (TPSA) is 102 Å². The first-order valence-corrected chi connectivity index (χ1v) is 9.11. The number of benzene rings is 1. The van der Waals surface area contributed by atoms with Crippen molar-refractivity contribution in [3.63, 3.8) is 0 Å². The van der Waals surface area contributed by atoms with Crippen LogP contribution in [0.15, 0.2) is 12.1 Å². The number of primary amides is 1. The fourth-order valence-electron chi connectivity index (χ4n) is 2.89. The van der Waals surface area contributed by atoms with Crippen molar-refractivity contribution >= 4 is 23.4 Å². The molecule has 144 valence electrons. The molecule has 1 aromatic rings. The van der Waals surface area contributed by atoms with E-state index in [1.807, 2.05) is 13.8 Å². The number of piperidine rings is 1. The summed E-state index contributed by atoms with van der Waals surface area (Å²) in [6, 6.07) is 3.08. The second-order valence-corrected chi connectivity index (χ2v) is 6.70. The SMILES string of the molecule is CCCOc1c(Cl)cc(C(=O)N2CCCC(O)(C(N)=O)C2)cc1OCC. The summed E-state index contributed by atoms with van der Waals surface area (Å²) in [4.78, 5) is 25.8. The Bertz CT molecular complexity index is 682. The zero-order valence-corrected chi connectivity index (χ0v) is 15.8. The highest BCUT2D eigenvalue weighted by Crippen LogP contribution is 2.37. The second-order valence-electron chi connectivity index (χ2n) is 6.29. The van der Waals surface area contributed by atoms with E-state index in [-0.39, 0.29) is 23.9 Å². The van der Waals surface area contributed by atoms with Crippen LogP contribution in [0.4, 0.5) is 0 Å². The number of hydrogen-bond donors (Lipinski definition) is 2. The molecule has 1 atom stereocenters. The van der Waals surface area contributed by atoms with Gasteiger partial charge in [-0.2, -0.15) is 0 Å². The largest absolute Gasteiger partial charge is 0.490 e. The van der Waals surface area contributed by atoms with E-state index in [4.69, 9.17) is 26.8 Å². The molecule has 0 spiro atoms. The first-order valence-electron chi connectivity index (χ1n) is 8.73. The van der Waals surface area contributed by atoms with Crippen LogP contribution in [0.2, 0.25) is 5.02 Å². The highest BCUT2D eigenvalue weighted by Gasteiger charge is 2.40. The summed E-state index contributed by atoms with van der Waals surface area (Å²) in [6.45, 7) is 4.94. The van der Waals surface area contributed by atoms with Gasteiger partial charge in [0.2, 0.25) is 0 Å². The quantitative estimate of drug-likeness (QED) is 0.748. The van der Waals surface area contributed by atoms with Gasteiger partial charge in [0.15, 0.2) is 17.1 Å². The Labute approximate surface area is 158 Å². The Morgan fingerprint density at radius 3 is 2.69 bits per heavy atom. The van der Waals surface area contributed by atoms with E-state index in [9.17, 15) is 14.7 Å². The molecule has 2 amide bonds. The predicted molar refractivity (Wildman–Crippen MR) is 97.7 cm³/mol. The van der Waals surface area contributed by atoms with Crippen LogP contribution in [0.25, 0.3) is 0 Å². The molecule has 1 unspecified atom stereocenters. The average Bonchev–Trinajstić information content (AvgIpc) is 2.60. The molecule has 1 heterocycles. The van der Waals surface area contributed by atoms with E-state index in [0.29, 0.717) is 43.2 Å². The predicted octanol–water partition coefficient (Wildman–Crippen LogP) is 1.98. The van der Waals surface area contributed by atoms with Crippen LogP contribution in [0.3, 0.4) is 0 Å². The number of likely N-dealkylation sites (tertiary alicyclic amines) is 1. The van der Waals surface area contributed by atoms with Gasteiger partial charge >= 0.3 is 0 Å². The maximum atomic E-state index is 12.9. The number of amides is 2. The molecule has 3 N–H and O–H groups in total. The van der Waals surface area contributed by atoms with E-state index in [2.05, 4.69) is 0 Å². The number of aliphatic hydroxyl groups is 1. The Hall–Kier alpha value is -1.99. The number of carbonyl (C=O) groups excluding carboxylic acids is 2. The molecular weight excluding hydrogens is 360 g/mol. The molecule has 0 saturated carbocycles. The third kappa shape index (κ3) is 4.40. The van der Waals surface area contributed by atoms with Gasteiger partial charge in [0.1, 0.15) is 0 Å². The Kier molecular flexibility index (Phi) is 6.72. The van der Waals surface area contributed by atoms with Crippen LogP contribution < -0.4 is 15.2 Å². The number of hydrogen-bond acceptors (Lipinski definition) is 5. The fraction of sp³-hybridized carbons (Fsp3) is 0.556. The summed E-state index contributed by atoms with van der Waals surface area (Å²) in [6.07, 6.45) is 1.53. The Morgan fingerprint density at radius 2 is 2.08 bits per heavy atom. The van der Waals surface area contributed by atoms with Gasteiger partial charge in [0.05, 0.1) is 24.8 Å². The molecular formula is C18H25ClN2O5. The second kappa shape index (κ2) is 8.60. The molecule has 0 aromatic heterocycles. The maximum absolute atomic E-state index is 12.9. The lowest BCUT2D eigenvalue weighted by Crippen LogP contribution is -2.57. The smallest absolute Gasteiger partial charge is 0.254 e. The van der Waals surface area contributed by atoms with Gasteiger partial charge in [0.25, 0.3) is 11.8 Å². The van der Waals surface area contributed by atoms with Crippen molar-refractivity contribution in [3.8, 4) is 11.5 Å². The minimum absolute atomic E-state index is 0.142. The van der Waals surface area contributed by atoms with Gasteiger partial charge in [-0.25, -0.2) is 0 Å². The van der Waals surface area contributed by atoms with Gasteiger partial charge in [-0.15, -0.1) is 0 Å². The van der Waals surface area contributed by atoms with Crippen LogP contribution in [-0.4, -0.2) is 53.7 Å². The number of rotatable bonds is 7. The normalized spacial score (nSPS) is 19.9. The molecule has 0 aliphatic carbocycles. The number of halogens is 1. The number of ether oxygens (including phenoxy) is 2. The molecule has 1 aliphatic rings. The number of carbonyl (C=O) groups is 2. The fourth-order valence-corrected chi connectivity index (χ4v) is 3.16. The molecule has 26 heavy (non-hydrogen) atoms. The minimum atomic E-state index is -1.70. The van der Waals surface area contributed by atoms with Crippen molar-refractivity contribution in [2.45, 2.75) is 38.7 Å². The van der Waals surface area contributed by atoms with Gasteiger partial charge in [-0.3, -0.25) is 9.59 Å². The molecule has 0 radical (unpaired) electrons. The van der Waals surface area contributed by atoms with Crippen molar-refractivity contribution in [3.05, 3.63) is 22.7 Å². The molecule has 1 aromatic carbocycles. The monoisotopic (exact) mass is 384 g/mol. The summed E-state index contributed by atoms with van der Waals surface area (Å²) in [5.74, 6) is -0.390. The summed E-state index contributed by atoms with van der Waals surface area (Å²) in [5.41, 5.74) is 3.87. The molecule has 1 fully saturated rings. The van der Waals surface area contributed by atoms with Gasteiger partial charge in [-0.05, 0) is 38.3 Å². The van der Waals surface area contributed by atoms with Crippen LogP contribution in [0.1, 0.15) is 43.5 Å². The minimum Gasteiger partial charge on any atom is -0.490 e. The standard InChI is InChI=1S/C18H25ClN2O5/c1-3-8-26-15-13(19)9-12(10-14(15)25-4-2)16(22)21-7-5-6-18(24,11-21)17(20)23/h9-10,24H,3-8,11H2,1-2H3,(H2,20,23). The van der Waals surface area contributed by atoms with Crippen molar-refractivity contribution in [1.82, 2.24) is 4.90 Å². The van der Waals surface area contributed by atoms with Crippen molar-refractivity contribution in [1.29, 1.82) is 0 Å². The van der Waals surface area contributed by atoms with Crippen LogP contribution in [0.5, 0.6) is 11.5 Å². The molecule has 8 heteroatoms. The third-order valence-corrected chi connectivity index (χ3v) is 4.50. The van der Waals surface area contributed by atoms with E-state index in [0.717, 1.165) is 6.42 Å². The highest BCUT2D eigenvalue weighted by atomic mass is 35.5. The highest BCUT2D eigenvalue weighted by molar-refractivity contribution is 6.32. The van der Waals surface area contributed by atoms with E-state index in [1.165, 1.54) is 11.0 Å². The lowest BCUT2D eigenvalue weighted by Gasteiger charge is -2.37. The lowest BCUT2D eigenvalue weighted by atomic mass is 9.92. The molecule has 7 nitrogen and oxygen atoms in total. The van der Waals surface area contributed by atoms with Gasteiger partial charge in [0, 0.05) is 12.1 Å². The van der Waals surface area contributed by atoms with Crippen molar-refractivity contribution < 1.29 is 24.2 Å². The molecule has 1 aliphatic heterocycles. The summed E-state index contributed by atoms with van der Waals surface area (Å²) >= 11 is 6.30. The van der Waals surface area contributed by atoms with Gasteiger partial charge in [-0.1, -0.05) is 18.5 Å². The van der Waals surface area contributed by atoms with E-state index < -0.39 is 11.5 Å². The molecule has 1 saturated heterocycles. The zero-order chi connectivity index (χ0) is 19.3. The molecule has 0 bridgehead atoms. The van der Waals surface area contributed by atoms with E-state index >= 15 is 0 Å². The average molecular weight is 385 g/mol. The first-order chi connectivity index (χ1) is 12.3. The van der Waals surface area contributed by atoms with Crippen molar-refractivity contribution in [2.24, 2.45) is 5.73 Å². The zero-order valence-electron chi connectivity index (χ0n) is 15.1. The van der Waals surface area contributed by atoms with Crippen molar-refractivity contribution in [2.75, 3.05) is 26.3 Å². The number of β-amino-alcohol motifs (C(OH)–C–C–N with tert-alkyl or cyclic N) is 1.